The predicted molar refractivity (Wildman–Crippen MR) is 69.4 cm³/mol. The average Bonchev–Trinajstić information content (AvgIpc) is 3.18. The summed E-state index contributed by atoms with van der Waals surface area (Å²) in [6.45, 7) is 0.0332. The van der Waals surface area contributed by atoms with Crippen molar-refractivity contribution in [1.29, 1.82) is 0 Å². The lowest BCUT2D eigenvalue weighted by Gasteiger charge is -2.06. The second-order valence-electron chi connectivity index (χ2n) is 4.93. The van der Waals surface area contributed by atoms with Gasteiger partial charge >= 0.3 is 11.7 Å². The van der Waals surface area contributed by atoms with Gasteiger partial charge in [-0.15, -0.1) is 0 Å². The Morgan fingerprint density at radius 1 is 1.35 bits per heavy atom. The summed E-state index contributed by atoms with van der Waals surface area (Å²) in [5, 5.41) is 8.88. The molecule has 0 radical (unpaired) electrons. The van der Waals surface area contributed by atoms with Gasteiger partial charge in [0.2, 0.25) is 0 Å². The van der Waals surface area contributed by atoms with E-state index in [0.29, 0.717) is 0 Å². The van der Waals surface area contributed by atoms with Crippen molar-refractivity contribution in [2.24, 2.45) is 0 Å². The van der Waals surface area contributed by atoms with Crippen LogP contribution >= 0.6 is 0 Å². The van der Waals surface area contributed by atoms with Crippen molar-refractivity contribution in [2.75, 3.05) is 0 Å². The Morgan fingerprint density at radius 2 is 2.10 bits per heavy atom. The van der Waals surface area contributed by atoms with Crippen LogP contribution in [0.1, 0.15) is 34.8 Å². The van der Waals surface area contributed by atoms with E-state index in [9.17, 15) is 14.0 Å². The lowest BCUT2D eigenvalue weighted by atomic mass is 10.1. The number of carboxylic acids is 1. The highest BCUT2D eigenvalue weighted by Crippen LogP contribution is 2.33. The number of carboxylic acid groups (broad SMARTS) is 1. The van der Waals surface area contributed by atoms with Crippen LogP contribution < -0.4 is 5.69 Å². The standard InChI is InChI=1S/C14H13FN2O3/c15-12-9(2-1-3-11(12)13(18)19)8-16-6-7-17(14(16)20)10-4-5-10/h1-3,6-7,10H,4-5,8H2,(H,18,19). The van der Waals surface area contributed by atoms with Crippen molar-refractivity contribution >= 4 is 5.97 Å². The van der Waals surface area contributed by atoms with Crippen LogP contribution in [0, 0.1) is 5.82 Å². The second kappa shape index (κ2) is 4.63. The van der Waals surface area contributed by atoms with E-state index in [1.165, 1.54) is 22.8 Å². The molecule has 0 spiro atoms. The number of carbonyl (C=O) groups is 1. The summed E-state index contributed by atoms with van der Waals surface area (Å²) >= 11 is 0. The topological polar surface area (TPSA) is 64.2 Å². The van der Waals surface area contributed by atoms with Gasteiger partial charge in [-0.2, -0.15) is 0 Å². The third-order valence-corrected chi connectivity index (χ3v) is 3.46. The Morgan fingerprint density at radius 3 is 2.75 bits per heavy atom. The highest BCUT2D eigenvalue weighted by Gasteiger charge is 2.25. The highest BCUT2D eigenvalue weighted by molar-refractivity contribution is 5.88. The third-order valence-electron chi connectivity index (χ3n) is 3.46. The van der Waals surface area contributed by atoms with Gasteiger partial charge in [0.1, 0.15) is 5.82 Å². The zero-order chi connectivity index (χ0) is 14.3. The van der Waals surface area contributed by atoms with Crippen LogP contribution in [0.4, 0.5) is 4.39 Å². The summed E-state index contributed by atoms with van der Waals surface area (Å²) in [7, 11) is 0. The van der Waals surface area contributed by atoms with Gasteiger partial charge in [-0.3, -0.25) is 9.13 Å². The van der Waals surface area contributed by atoms with E-state index >= 15 is 0 Å². The van der Waals surface area contributed by atoms with E-state index in [4.69, 9.17) is 5.11 Å². The Kier molecular flexibility index (Phi) is 2.93. The molecule has 1 aliphatic carbocycles. The molecule has 0 amide bonds. The minimum absolute atomic E-state index is 0.0332. The molecule has 6 heteroatoms. The molecule has 20 heavy (non-hydrogen) atoms. The molecule has 104 valence electrons. The maximum atomic E-state index is 14.0. The first-order valence-corrected chi connectivity index (χ1v) is 6.36. The van der Waals surface area contributed by atoms with Crippen LogP contribution in [0.15, 0.2) is 35.4 Å². The lowest BCUT2D eigenvalue weighted by Crippen LogP contribution is -2.24. The summed E-state index contributed by atoms with van der Waals surface area (Å²) in [6.07, 6.45) is 5.28. The van der Waals surface area contributed by atoms with E-state index in [1.54, 1.807) is 17.0 Å². The van der Waals surface area contributed by atoms with E-state index in [2.05, 4.69) is 0 Å². The highest BCUT2D eigenvalue weighted by atomic mass is 19.1. The molecule has 1 aliphatic rings. The molecule has 0 bridgehead atoms. The average molecular weight is 276 g/mol. The molecule has 3 rings (SSSR count). The molecule has 1 aromatic carbocycles. The summed E-state index contributed by atoms with van der Waals surface area (Å²) in [6, 6.07) is 4.44. The molecule has 0 saturated heterocycles. The third kappa shape index (κ3) is 2.13. The molecular formula is C14H13FN2O3. The fourth-order valence-electron chi connectivity index (χ4n) is 2.23. The molecule has 1 saturated carbocycles. The van der Waals surface area contributed by atoms with Gasteiger partial charge in [0.15, 0.2) is 0 Å². The van der Waals surface area contributed by atoms with Crippen LogP contribution in [0.25, 0.3) is 0 Å². The zero-order valence-corrected chi connectivity index (χ0v) is 10.6. The van der Waals surface area contributed by atoms with Gasteiger partial charge < -0.3 is 5.11 Å². The zero-order valence-electron chi connectivity index (χ0n) is 10.6. The monoisotopic (exact) mass is 276 g/mol. The fraction of sp³-hybridized carbons (Fsp3) is 0.286. The Labute approximate surface area is 113 Å². The quantitative estimate of drug-likeness (QED) is 0.927. The largest absolute Gasteiger partial charge is 0.478 e. The lowest BCUT2D eigenvalue weighted by molar-refractivity contribution is 0.0691. The van der Waals surface area contributed by atoms with Crippen LogP contribution in [0.3, 0.4) is 0 Å². The molecular weight excluding hydrogens is 263 g/mol. The fourth-order valence-corrected chi connectivity index (χ4v) is 2.23. The number of hydrogen-bond donors (Lipinski definition) is 1. The summed E-state index contributed by atoms with van der Waals surface area (Å²) in [5.41, 5.74) is -0.370. The van der Waals surface area contributed by atoms with Gasteiger partial charge in [0.05, 0.1) is 12.1 Å². The van der Waals surface area contributed by atoms with Gasteiger partial charge in [0.25, 0.3) is 0 Å². The van der Waals surface area contributed by atoms with Crippen molar-refractivity contribution in [3.05, 3.63) is 58.0 Å². The molecule has 0 unspecified atom stereocenters. The SMILES string of the molecule is O=C(O)c1cccc(Cn2ccn(C3CC3)c2=O)c1F. The van der Waals surface area contributed by atoms with Crippen molar-refractivity contribution in [2.45, 2.75) is 25.4 Å². The first-order chi connectivity index (χ1) is 9.58. The molecule has 0 atom stereocenters. The van der Waals surface area contributed by atoms with Crippen molar-refractivity contribution in [3.8, 4) is 0 Å². The maximum Gasteiger partial charge on any atom is 0.338 e. The van der Waals surface area contributed by atoms with Crippen LogP contribution in [-0.2, 0) is 6.54 Å². The molecule has 1 heterocycles. The van der Waals surface area contributed by atoms with E-state index in [1.807, 2.05) is 0 Å². The molecule has 0 aliphatic heterocycles. The number of aromatic nitrogens is 2. The van der Waals surface area contributed by atoms with E-state index < -0.39 is 11.8 Å². The summed E-state index contributed by atoms with van der Waals surface area (Å²) < 4.78 is 17.0. The molecule has 1 N–H and O–H groups in total. The number of halogens is 1. The minimum atomic E-state index is -1.31. The molecule has 2 aromatic rings. The molecule has 1 aromatic heterocycles. The molecule has 5 nitrogen and oxygen atoms in total. The van der Waals surface area contributed by atoms with Crippen molar-refractivity contribution < 1.29 is 14.3 Å². The second-order valence-corrected chi connectivity index (χ2v) is 4.93. The van der Waals surface area contributed by atoms with E-state index in [-0.39, 0.29) is 29.4 Å². The van der Waals surface area contributed by atoms with Crippen LogP contribution in [0.5, 0.6) is 0 Å². The van der Waals surface area contributed by atoms with Gasteiger partial charge in [-0.1, -0.05) is 12.1 Å². The number of imidazole rings is 1. The number of nitrogens with zero attached hydrogens (tertiary/aromatic N) is 2. The van der Waals surface area contributed by atoms with Crippen LogP contribution in [0.2, 0.25) is 0 Å². The molecule has 1 fully saturated rings. The van der Waals surface area contributed by atoms with Crippen LogP contribution in [-0.4, -0.2) is 20.2 Å². The number of rotatable bonds is 4. The number of hydrogen-bond acceptors (Lipinski definition) is 2. The van der Waals surface area contributed by atoms with Gasteiger partial charge in [-0.25, -0.2) is 14.0 Å². The first kappa shape index (κ1) is 12.7. The summed E-state index contributed by atoms with van der Waals surface area (Å²) in [4.78, 5) is 23.0. The number of benzene rings is 1. The first-order valence-electron chi connectivity index (χ1n) is 6.36. The van der Waals surface area contributed by atoms with Crippen molar-refractivity contribution in [3.63, 3.8) is 0 Å². The summed E-state index contributed by atoms with van der Waals surface area (Å²) in [5.74, 6) is -2.10. The Bertz CT molecular complexity index is 728. The van der Waals surface area contributed by atoms with Gasteiger partial charge in [-0.05, 0) is 18.9 Å². The predicted octanol–water partition coefficient (Wildman–Crippen LogP) is 1.87. The Balaban J connectivity index is 1.93. The maximum absolute atomic E-state index is 14.0. The van der Waals surface area contributed by atoms with Gasteiger partial charge in [0, 0.05) is 24.0 Å². The normalized spacial score (nSPS) is 14.4. The minimum Gasteiger partial charge on any atom is -0.478 e. The van der Waals surface area contributed by atoms with Crippen molar-refractivity contribution in [1.82, 2.24) is 9.13 Å². The van der Waals surface area contributed by atoms with E-state index in [0.717, 1.165) is 12.8 Å². The Hall–Kier alpha value is -2.37. The number of aromatic carboxylic acids is 1. The smallest absolute Gasteiger partial charge is 0.338 e.